The van der Waals surface area contributed by atoms with E-state index in [0.717, 1.165) is 6.42 Å². The molecule has 1 atom stereocenters. The van der Waals surface area contributed by atoms with Crippen LogP contribution in [0.25, 0.3) is 0 Å². The maximum atomic E-state index is 6.21. The summed E-state index contributed by atoms with van der Waals surface area (Å²) in [6.07, 6.45) is 4.86. The van der Waals surface area contributed by atoms with E-state index in [9.17, 15) is 0 Å². The molecule has 1 aliphatic rings. The molecule has 0 radical (unpaired) electrons. The molecular formula is C17H28N2. The van der Waals surface area contributed by atoms with Crippen molar-refractivity contribution in [1.82, 2.24) is 4.90 Å². The van der Waals surface area contributed by atoms with E-state index in [-0.39, 0.29) is 5.54 Å². The molecule has 0 amide bonds. The molecule has 1 saturated heterocycles. The standard InChI is InChI=1S/C17H28N2/c1-17(2,18)13-15-7-4-5-9-16(15)14-8-6-11-19(3)12-10-14/h4-5,7,9,14H,6,8,10-13,18H2,1-3H3. The van der Waals surface area contributed by atoms with Gasteiger partial charge >= 0.3 is 0 Å². The topological polar surface area (TPSA) is 29.3 Å². The van der Waals surface area contributed by atoms with E-state index in [0.29, 0.717) is 5.92 Å². The van der Waals surface area contributed by atoms with Gasteiger partial charge in [-0.05, 0) is 76.7 Å². The third-order valence-electron chi connectivity index (χ3n) is 4.09. The number of rotatable bonds is 3. The molecule has 2 heteroatoms. The van der Waals surface area contributed by atoms with E-state index >= 15 is 0 Å². The summed E-state index contributed by atoms with van der Waals surface area (Å²) in [5.74, 6) is 0.712. The lowest BCUT2D eigenvalue weighted by atomic mass is 9.84. The highest BCUT2D eigenvalue weighted by molar-refractivity contribution is 5.32. The molecule has 2 nitrogen and oxygen atoms in total. The average molecular weight is 260 g/mol. The molecule has 1 fully saturated rings. The van der Waals surface area contributed by atoms with E-state index < -0.39 is 0 Å². The Kier molecular flexibility index (Phi) is 4.64. The highest BCUT2D eigenvalue weighted by Gasteiger charge is 2.21. The Labute approximate surface area is 118 Å². The van der Waals surface area contributed by atoms with Gasteiger partial charge in [0.05, 0.1) is 0 Å². The molecule has 0 bridgehead atoms. The molecule has 1 aromatic rings. The van der Waals surface area contributed by atoms with Crippen molar-refractivity contribution >= 4 is 0 Å². The highest BCUT2D eigenvalue weighted by atomic mass is 15.1. The van der Waals surface area contributed by atoms with Crippen molar-refractivity contribution in [2.45, 2.75) is 51.0 Å². The minimum Gasteiger partial charge on any atom is -0.325 e. The summed E-state index contributed by atoms with van der Waals surface area (Å²) in [6, 6.07) is 8.90. The Hall–Kier alpha value is -0.860. The zero-order chi connectivity index (χ0) is 13.9. The Morgan fingerprint density at radius 2 is 1.95 bits per heavy atom. The van der Waals surface area contributed by atoms with Gasteiger partial charge < -0.3 is 10.6 Å². The summed E-state index contributed by atoms with van der Waals surface area (Å²) in [5.41, 5.74) is 9.07. The molecule has 1 aromatic carbocycles. The number of hydrogen-bond donors (Lipinski definition) is 1. The van der Waals surface area contributed by atoms with E-state index in [1.54, 1.807) is 0 Å². The van der Waals surface area contributed by atoms with Crippen molar-refractivity contribution in [2.24, 2.45) is 5.73 Å². The number of hydrogen-bond acceptors (Lipinski definition) is 2. The maximum Gasteiger partial charge on any atom is 0.0138 e. The molecule has 0 saturated carbocycles. The lowest BCUT2D eigenvalue weighted by molar-refractivity contribution is 0.347. The van der Waals surface area contributed by atoms with Crippen LogP contribution in [0.3, 0.4) is 0 Å². The summed E-state index contributed by atoms with van der Waals surface area (Å²) in [7, 11) is 2.23. The molecule has 106 valence electrons. The van der Waals surface area contributed by atoms with Crippen molar-refractivity contribution in [3.63, 3.8) is 0 Å². The third kappa shape index (κ3) is 4.32. The number of nitrogens with two attached hydrogens (primary N) is 1. The maximum absolute atomic E-state index is 6.21. The molecule has 1 unspecified atom stereocenters. The minimum atomic E-state index is -0.127. The average Bonchev–Trinajstić information content (AvgIpc) is 2.53. The predicted octanol–water partition coefficient (Wildman–Crippen LogP) is 3.17. The zero-order valence-electron chi connectivity index (χ0n) is 12.7. The first-order chi connectivity index (χ1) is 8.96. The van der Waals surface area contributed by atoms with Crippen LogP contribution in [0.2, 0.25) is 0 Å². The van der Waals surface area contributed by atoms with Crippen molar-refractivity contribution in [1.29, 1.82) is 0 Å². The van der Waals surface area contributed by atoms with Gasteiger partial charge in [-0.2, -0.15) is 0 Å². The Morgan fingerprint density at radius 1 is 1.21 bits per heavy atom. The van der Waals surface area contributed by atoms with Gasteiger partial charge in [-0.25, -0.2) is 0 Å². The second kappa shape index (κ2) is 6.06. The predicted molar refractivity (Wildman–Crippen MR) is 82.5 cm³/mol. The van der Waals surface area contributed by atoms with Gasteiger partial charge in [0.2, 0.25) is 0 Å². The fraction of sp³-hybridized carbons (Fsp3) is 0.647. The largest absolute Gasteiger partial charge is 0.325 e. The summed E-state index contributed by atoms with van der Waals surface area (Å²) >= 11 is 0. The molecule has 2 rings (SSSR count). The molecular weight excluding hydrogens is 232 g/mol. The van der Waals surface area contributed by atoms with E-state index in [4.69, 9.17) is 5.73 Å². The van der Waals surface area contributed by atoms with Gasteiger partial charge in [0.15, 0.2) is 0 Å². The summed E-state index contributed by atoms with van der Waals surface area (Å²) in [6.45, 7) is 6.68. The molecule has 0 aromatic heterocycles. The first kappa shape index (κ1) is 14.5. The molecule has 2 N–H and O–H groups in total. The van der Waals surface area contributed by atoms with Gasteiger partial charge in [0.1, 0.15) is 0 Å². The summed E-state index contributed by atoms with van der Waals surface area (Å²) in [5, 5.41) is 0. The van der Waals surface area contributed by atoms with Crippen LogP contribution in [-0.4, -0.2) is 30.6 Å². The van der Waals surface area contributed by atoms with Crippen LogP contribution >= 0.6 is 0 Å². The van der Waals surface area contributed by atoms with Crippen LogP contribution in [0.5, 0.6) is 0 Å². The smallest absolute Gasteiger partial charge is 0.0138 e. The molecule has 1 heterocycles. The zero-order valence-corrected chi connectivity index (χ0v) is 12.7. The molecule has 0 spiro atoms. The SMILES string of the molecule is CN1CCCC(c2ccccc2CC(C)(C)N)CC1. The normalized spacial score (nSPS) is 22.2. The van der Waals surface area contributed by atoms with Gasteiger partial charge in [-0.1, -0.05) is 24.3 Å². The molecule has 19 heavy (non-hydrogen) atoms. The molecule has 1 aliphatic heterocycles. The first-order valence-corrected chi connectivity index (χ1v) is 7.51. The number of likely N-dealkylation sites (tertiary alicyclic amines) is 1. The van der Waals surface area contributed by atoms with Gasteiger partial charge in [0, 0.05) is 5.54 Å². The second-order valence-corrected chi connectivity index (χ2v) is 6.80. The molecule has 0 aliphatic carbocycles. The van der Waals surface area contributed by atoms with Gasteiger partial charge in [-0.3, -0.25) is 0 Å². The Balaban J connectivity index is 2.19. The number of nitrogens with zero attached hydrogens (tertiary/aromatic N) is 1. The van der Waals surface area contributed by atoms with Crippen LogP contribution in [0.1, 0.15) is 50.2 Å². The Bertz CT molecular complexity index is 406. The van der Waals surface area contributed by atoms with Crippen LogP contribution in [0, 0.1) is 0 Å². The summed E-state index contributed by atoms with van der Waals surface area (Å²) in [4.78, 5) is 2.45. The van der Waals surface area contributed by atoms with Gasteiger partial charge in [0.25, 0.3) is 0 Å². The number of benzene rings is 1. The highest BCUT2D eigenvalue weighted by Crippen LogP contribution is 2.31. The van der Waals surface area contributed by atoms with Crippen molar-refractivity contribution in [3.05, 3.63) is 35.4 Å². The van der Waals surface area contributed by atoms with E-state index in [2.05, 4.69) is 50.1 Å². The van der Waals surface area contributed by atoms with Crippen molar-refractivity contribution < 1.29 is 0 Å². The quantitative estimate of drug-likeness (QED) is 0.904. The minimum absolute atomic E-state index is 0.127. The van der Waals surface area contributed by atoms with E-state index in [1.165, 1.54) is 43.5 Å². The fourth-order valence-corrected chi connectivity index (χ4v) is 3.14. The monoisotopic (exact) mass is 260 g/mol. The second-order valence-electron chi connectivity index (χ2n) is 6.80. The van der Waals surface area contributed by atoms with Crippen LogP contribution in [-0.2, 0) is 6.42 Å². The Morgan fingerprint density at radius 3 is 2.68 bits per heavy atom. The third-order valence-corrected chi connectivity index (χ3v) is 4.09. The first-order valence-electron chi connectivity index (χ1n) is 7.51. The van der Waals surface area contributed by atoms with Crippen molar-refractivity contribution in [2.75, 3.05) is 20.1 Å². The lowest BCUT2D eigenvalue weighted by Gasteiger charge is -2.24. The van der Waals surface area contributed by atoms with E-state index in [1.807, 2.05) is 0 Å². The van der Waals surface area contributed by atoms with Crippen LogP contribution in [0.4, 0.5) is 0 Å². The van der Waals surface area contributed by atoms with Crippen molar-refractivity contribution in [3.8, 4) is 0 Å². The van der Waals surface area contributed by atoms with Crippen LogP contribution < -0.4 is 5.73 Å². The summed E-state index contributed by atoms with van der Waals surface area (Å²) < 4.78 is 0. The van der Waals surface area contributed by atoms with Gasteiger partial charge in [-0.15, -0.1) is 0 Å². The lowest BCUT2D eigenvalue weighted by Crippen LogP contribution is -2.34. The fourth-order valence-electron chi connectivity index (χ4n) is 3.14. The van der Waals surface area contributed by atoms with Crippen LogP contribution in [0.15, 0.2) is 24.3 Å².